The van der Waals surface area contributed by atoms with Gasteiger partial charge in [0.15, 0.2) is 0 Å². The van der Waals surface area contributed by atoms with Crippen LogP contribution in [-0.2, 0) is 12.1 Å². The summed E-state index contributed by atoms with van der Waals surface area (Å²) in [6.45, 7) is 0. The van der Waals surface area contributed by atoms with Crippen molar-refractivity contribution < 1.29 is 27.1 Å². The number of hydrogen-bond acceptors (Lipinski definition) is 2. The zero-order chi connectivity index (χ0) is 12.5. The van der Waals surface area contributed by atoms with Crippen LogP contribution in [0, 0.1) is 0 Å². The van der Waals surface area contributed by atoms with Crippen LogP contribution in [0.1, 0.15) is 23.2 Å². The predicted octanol–water partition coefficient (Wildman–Crippen LogP) is 3.48. The zero-order valence-electron chi connectivity index (χ0n) is 7.52. The number of nitrogens with zero attached hydrogens (tertiary/aromatic N) is 1. The molecule has 0 aliphatic rings. The Labute approximate surface area is 91.7 Å². The van der Waals surface area contributed by atoms with Crippen LogP contribution in [0.4, 0.5) is 22.0 Å². The van der Waals surface area contributed by atoms with Crippen LogP contribution >= 0.6 is 11.6 Å². The fourth-order valence-corrected chi connectivity index (χ4v) is 1.37. The molecule has 1 N–H and O–H groups in total. The third-order valence-electron chi connectivity index (χ3n) is 1.83. The molecule has 1 aromatic heterocycles. The number of rotatable bonds is 2. The Hall–Kier alpha value is -1.11. The average Bonchev–Trinajstić information content (AvgIpc) is 2.15. The Morgan fingerprint density at radius 2 is 1.94 bits per heavy atom. The lowest BCUT2D eigenvalue weighted by atomic mass is 10.1. The molecule has 8 heteroatoms. The van der Waals surface area contributed by atoms with Crippen molar-refractivity contribution in [2.45, 2.75) is 18.5 Å². The molecule has 1 aromatic rings. The molecule has 0 amide bonds. The SMILES string of the molecule is Oc1c(C(F)F)ncc(C(F)(F)F)c1CCl. The maximum Gasteiger partial charge on any atom is 0.418 e. The second kappa shape index (κ2) is 4.40. The third-order valence-corrected chi connectivity index (χ3v) is 2.10. The quantitative estimate of drug-likeness (QED) is 0.653. The highest BCUT2D eigenvalue weighted by atomic mass is 35.5. The number of halogens is 6. The van der Waals surface area contributed by atoms with Gasteiger partial charge in [0.2, 0.25) is 0 Å². The minimum absolute atomic E-state index is 0.235. The second-order valence-electron chi connectivity index (χ2n) is 2.82. The van der Waals surface area contributed by atoms with Crippen molar-refractivity contribution in [2.75, 3.05) is 0 Å². The monoisotopic (exact) mass is 261 g/mol. The normalized spacial score (nSPS) is 12.2. The van der Waals surface area contributed by atoms with E-state index in [0.29, 0.717) is 0 Å². The first-order valence-electron chi connectivity index (χ1n) is 3.91. The first kappa shape index (κ1) is 13.0. The minimum Gasteiger partial charge on any atom is -0.505 e. The van der Waals surface area contributed by atoms with E-state index in [1.54, 1.807) is 0 Å². The van der Waals surface area contributed by atoms with Gasteiger partial charge in [0.05, 0.1) is 11.4 Å². The topological polar surface area (TPSA) is 33.1 Å². The van der Waals surface area contributed by atoms with Gasteiger partial charge < -0.3 is 5.11 Å². The molecule has 0 spiro atoms. The van der Waals surface area contributed by atoms with E-state index in [0.717, 1.165) is 0 Å². The highest BCUT2D eigenvalue weighted by molar-refractivity contribution is 6.17. The average molecular weight is 262 g/mol. The molecule has 0 aliphatic carbocycles. The van der Waals surface area contributed by atoms with Crippen LogP contribution in [0.2, 0.25) is 0 Å². The van der Waals surface area contributed by atoms with E-state index in [4.69, 9.17) is 11.6 Å². The van der Waals surface area contributed by atoms with Gasteiger partial charge in [-0.1, -0.05) is 0 Å². The van der Waals surface area contributed by atoms with Crippen molar-refractivity contribution in [1.82, 2.24) is 4.98 Å². The van der Waals surface area contributed by atoms with Crippen LogP contribution in [-0.4, -0.2) is 10.1 Å². The van der Waals surface area contributed by atoms with Crippen LogP contribution in [0.15, 0.2) is 6.20 Å². The van der Waals surface area contributed by atoms with E-state index in [1.807, 2.05) is 0 Å². The number of aromatic nitrogens is 1. The summed E-state index contributed by atoms with van der Waals surface area (Å²) in [5.74, 6) is -1.94. The van der Waals surface area contributed by atoms with Crippen molar-refractivity contribution in [3.8, 4) is 5.75 Å². The summed E-state index contributed by atoms with van der Waals surface area (Å²) in [4.78, 5) is 2.87. The van der Waals surface area contributed by atoms with E-state index < -0.39 is 41.1 Å². The van der Waals surface area contributed by atoms with Gasteiger partial charge in [0.1, 0.15) is 11.4 Å². The Kier molecular flexibility index (Phi) is 3.57. The number of pyridine rings is 1. The van der Waals surface area contributed by atoms with Crippen LogP contribution in [0.5, 0.6) is 5.75 Å². The van der Waals surface area contributed by atoms with Gasteiger partial charge in [-0.25, -0.2) is 8.78 Å². The minimum atomic E-state index is -4.80. The summed E-state index contributed by atoms with van der Waals surface area (Å²) in [7, 11) is 0. The first-order chi connectivity index (χ1) is 7.29. The molecule has 2 nitrogen and oxygen atoms in total. The van der Waals surface area contributed by atoms with Crippen molar-refractivity contribution in [1.29, 1.82) is 0 Å². The molecule has 0 saturated heterocycles. The lowest BCUT2D eigenvalue weighted by Crippen LogP contribution is -2.11. The molecule has 90 valence electrons. The largest absolute Gasteiger partial charge is 0.505 e. The Morgan fingerprint density at radius 1 is 1.38 bits per heavy atom. The highest BCUT2D eigenvalue weighted by Gasteiger charge is 2.36. The molecule has 0 bridgehead atoms. The van der Waals surface area contributed by atoms with Crippen LogP contribution in [0.3, 0.4) is 0 Å². The van der Waals surface area contributed by atoms with Gasteiger partial charge in [-0.3, -0.25) is 4.98 Å². The second-order valence-corrected chi connectivity index (χ2v) is 3.08. The molecule has 0 saturated carbocycles. The van der Waals surface area contributed by atoms with E-state index in [1.165, 1.54) is 0 Å². The molecule has 0 atom stereocenters. The van der Waals surface area contributed by atoms with Crippen molar-refractivity contribution in [3.05, 3.63) is 23.0 Å². The standard InChI is InChI=1S/C8H5ClF5NO/c9-1-3-4(8(12,13)14)2-15-5(6(3)16)7(10)11/h2,7,16H,1H2. The molecule has 0 radical (unpaired) electrons. The highest BCUT2D eigenvalue weighted by Crippen LogP contribution is 2.39. The lowest BCUT2D eigenvalue weighted by Gasteiger charge is -2.14. The van der Waals surface area contributed by atoms with Crippen LogP contribution in [0.25, 0.3) is 0 Å². The molecule has 0 unspecified atom stereocenters. The molecule has 1 heterocycles. The lowest BCUT2D eigenvalue weighted by molar-refractivity contribution is -0.138. The number of hydrogen-bond donors (Lipinski definition) is 1. The van der Waals surface area contributed by atoms with Gasteiger partial charge in [-0.15, -0.1) is 11.6 Å². The number of aromatic hydroxyl groups is 1. The van der Waals surface area contributed by atoms with Crippen molar-refractivity contribution in [2.24, 2.45) is 0 Å². The molecule has 1 rings (SSSR count). The Morgan fingerprint density at radius 3 is 2.31 bits per heavy atom. The van der Waals surface area contributed by atoms with Gasteiger partial charge in [0.25, 0.3) is 6.43 Å². The summed E-state index contributed by atoms with van der Waals surface area (Å²) < 4.78 is 61.5. The third kappa shape index (κ3) is 2.34. The van der Waals surface area contributed by atoms with Crippen molar-refractivity contribution >= 4 is 11.6 Å². The smallest absolute Gasteiger partial charge is 0.418 e. The fraction of sp³-hybridized carbons (Fsp3) is 0.375. The molecule has 0 fully saturated rings. The van der Waals surface area contributed by atoms with Gasteiger partial charge in [-0.2, -0.15) is 13.2 Å². The number of alkyl halides is 6. The van der Waals surface area contributed by atoms with E-state index in [9.17, 15) is 27.1 Å². The van der Waals surface area contributed by atoms with E-state index in [2.05, 4.69) is 4.98 Å². The van der Waals surface area contributed by atoms with Gasteiger partial charge >= 0.3 is 6.18 Å². The Balaban J connectivity index is 3.41. The maximum atomic E-state index is 12.4. The maximum absolute atomic E-state index is 12.4. The predicted molar refractivity (Wildman–Crippen MR) is 45.4 cm³/mol. The molecular weight excluding hydrogens is 257 g/mol. The Bertz CT molecular complexity index is 393. The molecule has 0 aromatic carbocycles. The molecule has 16 heavy (non-hydrogen) atoms. The van der Waals surface area contributed by atoms with Crippen molar-refractivity contribution in [3.63, 3.8) is 0 Å². The van der Waals surface area contributed by atoms with E-state index >= 15 is 0 Å². The summed E-state index contributed by atoms with van der Waals surface area (Å²) in [6, 6.07) is 0. The summed E-state index contributed by atoms with van der Waals surface area (Å²) in [5, 5.41) is 9.18. The first-order valence-corrected chi connectivity index (χ1v) is 4.44. The molecular formula is C8H5ClF5NO. The van der Waals surface area contributed by atoms with Crippen LogP contribution < -0.4 is 0 Å². The zero-order valence-corrected chi connectivity index (χ0v) is 8.28. The summed E-state index contributed by atoms with van der Waals surface area (Å²) in [6.07, 6.45) is -7.72. The summed E-state index contributed by atoms with van der Waals surface area (Å²) in [5.41, 5.74) is -3.22. The van der Waals surface area contributed by atoms with Gasteiger partial charge in [0, 0.05) is 11.8 Å². The van der Waals surface area contributed by atoms with E-state index in [-0.39, 0.29) is 6.20 Å². The fourth-order valence-electron chi connectivity index (χ4n) is 1.09. The van der Waals surface area contributed by atoms with Gasteiger partial charge in [-0.05, 0) is 0 Å². The molecule has 0 aliphatic heterocycles. The summed E-state index contributed by atoms with van der Waals surface area (Å²) >= 11 is 5.19.